The molecule has 1 fully saturated rings. The molecule has 0 bridgehead atoms. The van der Waals surface area contributed by atoms with Crippen molar-refractivity contribution in [1.29, 1.82) is 0 Å². The van der Waals surface area contributed by atoms with Gasteiger partial charge in [0.1, 0.15) is 57.8 Å². The summed E-state index contributed by atoms with van der Waals surface area (Å²) < 4.78 is 23.2. The minimum atomic E-state index is -3.05. The van der Waals surface area contributed by atoms with E-state index in [2.05, 4.69) is 0 Å². The Labute approximate surface area is 356 Å². The van der Waals surface area contributed by atoms with Crippen LogP contribution in [0.15, 0.2) is 91.0 Å². The molecule has 1 amide bonds. The molecule has 0 aromatic heterocycles. The number of rotatable bonds is 14. The van der Waals surface area contributed by atoms with Gasteiger partial charge in [0.05, 0.1) is 5.37 Å². The van der Waals surface area contributed by atoms with Gasteiger partial charge >= 0.3 is 18.3 Å². The SMILES string of the molecule is CC(OC(=O)OCC(Cl)(Cl)Cl)C1C(=O)N(CC(=O)O[P+](c2ccccc2)(c2ccccc2)c2ccccc2)C1SC(=S)SCCOC(=O)OCC(Cl)(Cl)Cl. The van der Waals surface area contributed by atoms with Gasteiger partial charge < -0.3 is 23.8 Å². The quantitative estimate of drug-likeness (QED) is 0.0386. The number of hydrogen-bond donors (Lipinski definition) is 0. The molecule has 4 rings (SSSR count). The van der Waals surface area contributed by atoms with Crippen LogP contribution in [-0.4, -0.2) is 83.8 Å². The van der Waals surface area contributed by atoms with Gasteiger partial charge in [-0.3, -0.25) is 9.32 Å². The Morgan fingerprint density at radius 3 is 1.70 bits per heavy atom. The van der Waals surface area contributed by atoms with Crippen LogP contribution in [0.25, 0.3) is 0 Å². The van der Waals surface area contributed by atoms with Crippen LogP contribution in [0.5, 0.6) is 0 Å². The van der Waals surface area contributed by atoms with E-state index >= 15 is 0 Å². The lowest BCUT2D eigenvalue weighted by atomic mass is 9.92. The van der Waals surface area contributed by atoms with E-state index in [0.29, 0.717) is 3.53 Å². The minimum absolute atomic E-state index is 0.105. The van der Waals surface area contributed by atoms with E-state index < -0.39 is 76.4 Å². The molecule has 1 aliphatic heterocycles. The molecule has 3 aromatic carbocycles. The zero-order chi connectivity index (χ0) is 39.5. The summed E-state index contributed by atoms with van der Waals surface area (Å²) in [6.45, 7) is -0.153. The molecule has 0 aliphatic carbocycles. The molecule has 290 valence electrons. The van der Waals surface area contributed by atoms with Crippen molar-refractivity contribution < 1.29 is 42.6 Å². The van der Waals surface area contributed by atoms with E-state index in [9.17, 15) is 19.2 Å². The van der Waals surface area contributed by atoms with Crippen LogP contribution in [0.3, 0.4) is 0 Å². The number of halogens is 6. The molecular weight excluding hydrogens is 906 g/mol. The van der Waals surface area contributed by atoms with Gasteiger partial charge in [0.25, 0.3) is 7.49 Å². The maximum atomic E-state index is 14.1. The molecule has 0 saturated carbocycles. The van der Waals surface area contributed by atoms with Crippen LogP contribution < -0.4 is 15.9 Å². The van der Waals surface area contributed by atoms with Crippen molar-refractivity contribution in [1.82, 2.24) is 4.90 Å². The van der Waals surface area contributed by atoms with E-state index in [-0.39, 0.29) is 12.4 Å². The zero-order valence-corrected chi connectivity index (χ0v) is 35.9. The van der Waals surface area contributed by atoms with Crippen LogP contribution in [0.4, 0.5) is 9.59 Å². The summed E-state index contributed by atoms with van der Waals surface area (Å²) in [5.74, 6) is -1.92. The Bertz CT molecular complexity index is 1660. The highest BCUT2D eigenvalue weighted by Crippen LogP contribution is 2.56. The van der Waals surface area contributed by atoms with E-state index in [1.807, 2.05) is 91.0 Å². The van der Waals surface area contributed by atoms with Crippen molar-refractivity contribution in [3.63, 3.8) is 0 Å². The predicted octanol–water partition coefficient (Wildman–Crippen LogP) is 8.41. The van der Waals surface area contributed by atoms with Gasteiger partial charge in [0, 0.05) is 5.75 Å². The lowest BCUT2D eigenvalue weighted by Crippen LogP contribution is -2.64. The Morgan fingerprint density at radius 2 is 1.24 bits per heavy atom. The first kappa shape index (κ1) is 44.8. The van der Waals surface area contributed by atoms with Crippen LogP contribution in [-0.2, 0) is 33.1 Å². The highest BCUT2D eigenvalue weighted by Gasteiger charge is 2.56. The van der Waals surface area contributed by atoms with Crippen molar-refractivity contribution >= 4 is 156 Å². The summed E-state index contributed by atoms with van der Waals surface area (Å²) in [6.07, 6.45) is -3.25. The number of likely N-dealkylation sites (tertiary alicyclic amines) is 1. The van der Waals surface area contributed by atoms with Crippen LogP contribution >= 0.6 is 113 Å². The fourth-order valence-electron chi connectivity index (χ4n) is 5.09. The van der Waals surface area contributed by atoms with E-state index in [1.54, 1.807) is 0 Å². The van der Waals surface area contributed by atoms with Crippen molar-refractivity contribution in [3.8, 4) is 0 Å². The number of thioether (sulfide) groups is 2. The van der Waals surface area contributed by atoms with E-state index in [4.69, 9.17) is 105 Å². The largest absolute Gasteiger partial charge is 0.508 e. The Balaban J connectivity index is 1.53. The van der Waals surface area contributed by atoms with Crippen molar-refractivity contribution in [3.05, 3.63) is 91.0 Å². The number of carbonyl (C=O) groups excluding carboxylic acids is 4. The summed E-state index contributed by atoms with van der Waals surface area (Å²) in [6, 6.07) is 28.3. The fourth-order valence-corrected chi connectivity index (χ4v) is 11.5. The topological polar surface area (TPSA) is 118 Å². The summed E-state index contributed by atoms with van der Waals surface area (Å²) in [5.41, 5.74) is 0. The first-order valence-electron chi connectivity index (χ1n) is 15.7. The van der Waals surface area contributed by atoms with Gasteiger partial charge in [-0.15, -0.1) is 11.8 Å². The maximum Gasteiger partial charge on any atom is 0.508 e. The van der Waals surface area contributed by atoms with Crippen LogP contribution in [0.1, 0.15) is 6.92 Å². The molecule has 10 nitrogen and oxygen atoms in total. The lowest BCUT2D eigenvalue weighted by molar-refractivity contribution is -0.162. The molecule has 54 heavy (non-hydrogen) atoms. The smallest absolute Gasteiger partial charge is 0.433 e. The highest BCUT2D eigenvalue weighted by atomic mass is 35.6. The summed E-state index contributed by atoms with van der Waals surface area (Å²) in [5, 5.41) is 1.59. The summed E-state index contributed by atoms with van der Waals surface area (Å²) in [4.78, 5) is 53.4. The third kappa shape index (κ3) is 13.1. The average Bonchev–Trinajstić information content (AvgIpc) is 3.13. The van der Waals surface area contributed by atoms with Gasteiger partial charge in [0.2, 0.25) is 13.5 Å². The van der Waals surface area contributed by atoms with Gasteiger partial charge in [0.15, 0.2) is 0 Å². The second-order valence-electron chi connectivity index (χ2n) is 11.2. The number of carbonyl (C=O) groups is 4. The molecule has 0 N–H and O–H groups in total. The molecule has 1 heterocycles. The average molecular weight is 938 g/mol. The molecular formula is C34H31Cl6NO9PS3+. The van der Waals surface area contributed by atoms with Crippen molar-refractivity contribution in [2.24, 2.45) is 5.92 Å². The second-order valence-corrected chi connectivity index (χ2v) is 22.6. The summed E-state index contributed by atoms with van der Waals surface area (Å²) in [7, 11) is -3.05. The van der Waals surface area contributed by atoms with Gasteiger partial charge in [-0.1, -0.05) is 148 Å². The standard InChI is InChI=1S/C34H31Cl6NO9PS3/c1-22(49-31(45)48-21-34(38,39)40)27-28(43)41(29(27)54-32(52)53-18-17-46-30(44)47-20-33(35,36)37)19-26(42)50-51(23-11-5-2-6-12-23,24-13-7-3-8-14-24)25-15-9-4-10-16-25/h2-16,22,27,29H,17-21H2,1H3/q+1. The molecule has 3 unspecified atom stereocenters. The lowest BCUT2D eigenvalue weighted by Gasteiger charge is -2.47. The number of ether oxygens (including phenoxy) is 4. The van der Waals surface area contributed by atoms with Crippen molar-refractivity contribution in [2.45, 2.75) is 26.0 Å². The minimum Gasteiger partial charge on any atom is -0.433 e. The molecule has 3 aromatic rings. The highest BCUT2D eigenvalue weighted by molar-refractivity contribution is 8.47. The Hall–Kier alpha value is -1.90. The monoisotopic (exact) mass is 934 g/mol. The number of hydrogen-bond acceptors (Lipinski definition) is 12. The van der Waals surface area contributed by atoms with Gasteiger partial charge in [-0.05, 0) is 43.3 Å². The number of β-lactam (4-membered cyclic amide) rings is 1. The first-order chi connectivity index (χ1) is 25.5. The van der Waals surface area contributed by atoms with Gasteiger partial charge in [-0.25, -0.2) is 14.4 Å². The fraction of sp³-hybridized carbons (Fsp3) is 0.324. The normalized spacial score (nSPS) is 16.4. The number of benzene rings is 3. The number of nitrogens with zero attached hydrogens (tertiary/aromatic N) is 1. The van der Waals surface area contributed by atoms with Crippen molar-refractivity contribution in [2.75, 3.05) is 32.1 Å². The maximum absolute atomic E-state index is 14.1. The predicted molar refractivity (Wildman–Crippen MR) is 223 cm³/mol. The summed E-state index contributed by atoms with van der Waals surface area (Å²) >= 11 is 41.6. The zero-order valence-electron chi connectivity index (χ0n) is 28.0. The molecule has 20 heteroatoms. The van der Waals surface area contributed by atoms with Crippen LogP contribution in [0, 0.1) is 5.92 Å². The Kier molecular flexibility index (Phi) is 17.0. The van der Waals surface area contributed by atoms with E-state index in [0.717, 1.165) is 39.4 Å². The number of alkyl halides is 6. The van der Waals surface area contributed by atoms with Gasteiger partial charge in [-0.2, -0.15) is 0 Å². The Morgan fingerprint density at radius 1 is 0.778 bits per heavy atom. The second kappa shape index (κ2) is 20.5. The molecule has 3 atom stereocenters. The number of thiocarbonyl (C=S) groups is 1. The third-order valence-corrected chi connectivity index (χ3v) is 14.4. The number of amides is 1. The molecule has 0 spiro atoms. The molecule has 1 saturated heterocycles. The molecule has 0 radical (unpaired) electrons. The van der Waals surface area contributed by atoms with E-state index in [1.165, 1.54) is 11.8 Å². The third-order valence-electron chi connectivity index (χ3n) is 7.32. The molecule has 1 aliphatic rings. The van der Waals surface area contributed by atoms with Crippen LogP contribution in [0.2, 0.25) is 0 Å². The first-order valence-corrected chi connectivity index (χ1v) is 21.9.